The van der Waals surface area contributed by atoms with E-state index in [2.05, 4.69) is 81.3 Å². The Balaban J connectivity index is 0.890. The molecule has 3 fully saturated rings. The monoisotopic (exact) mass is 880 g/mol. The van der Waals surface area contributed by atoms with Gasteiger partial charge in [-0.2, -0.15) is 0 Å². The van der Waals surface area contributed by atoms with Crippen molar-refractivity contribution in [3.63, 3.8) is 0 Å². The largest absolute Gasteiger partial charge is 0.453 e. The number of aromatic nitrogens is 4. The molecule has 16 nitrogen and oxygen atoms in total. The van der Waals surface area contributed by atoms with Crippen LogP contribution in [0.5, 0.6) is 0 Å². The molecule has 3 aliphatic heterocycles. The Kier molecular flexibility index (Phi) is 12.1. The van der Waals surface area contributed by atoms with Crippen LogP contribution < -0.4 is 10.6 Å². The zero-order chi connectivity index (χ0) is 45.2. The molecule has 5 heterocycles. The molecular weight excluding hydrogens is 829 g/mol. The number of nitrogens with zero attached hydrogens (tertiary/aromatic N) is 4. The SMILES string of the molecule is COC(=O)NC(C(=O)N1CCC[C@H]1c1ncc(-c2ccc(-c3ccc4cc(-c5cnc([C@@H]6CC7(CN6C(=O)[C@@H](NC(=O)OC)C(C)C)OCCO7)[nH]5)ccc4c3)cc2)[nH]1)c1ccccc1. The van der Waals surface area contributed by atoms with E-state index in [-0.39, 0.29) is 30.3 Å². The maximum absolute atomic E-state index is 14.0. The first-order valence-electron chi connectivity index (χ1n) is 21.9. The van der Waals surface area contributed by atoms with Gasteiger partial charge in [-0.25, -0.2) is 19.6 Å². The van der Waals surface area contributed by atoms with Crippen LogP contribution in [0.2, 0.25) is 0 Å². The van der Waals surface area contributed by atoms with Gasteiger partial charge in [0, 0.05) is 18.5 Å². The van der Waals surface area contributed by atoms with Gasteiger partial charge in [-0.15, -0.1) is 0 Å². The van der Waals surface area contributed by atoms with E-state index in [4.69, 9.17) is 28.9 Å². The number of hydrogen-bond acceptors (Lipinski definition) is 10. The van der Waals surface area contributed by atoms with Gasteiger partial charge in [-0.05, 0) is 63.9 Å². The molecule has 1 unspecified atom stereocenters. The minimum atomic E-state index is -0.939. The van der Waals surface area contributed by atoms with Crippen molar-refractivity contribution in [1.29, 1.82) is 0 Å². The molecule has 0 bridgehead atoms. The van der Waals surface area contributed by atoms with Crippen LogP contribution >= 0.6 is 0 Å². The summed E-state index contributed by atoms with van der Waals surface area (Å²) in [5.41, 5.74) is 6.35. The number of rotatable bonds is 11. The van der Waals surface area contributed by atoms with Gasteiger partial charge in [0.2, 0.25) is 5.91 Å². The average Bonchev–Trinajstić information content (AvgIpc) is 4.21. The summed E-state index contributed by atoms with van der Waals surface area (Å²) in [4.78, 5) is 72.3. The third-order valence-electron chi connectivity index (χ3n) is 12.6. The fraction of sp³-hybridized carbons (Fsp3) is 0.347. The minimum Gasteiger partial charge on any atom is -0.453 e. The number of benzene rings is 4. The number of amides is 4. The lowest BCUT2D eigenvalue weighted by molar-refractivity contribution is -0.153. The van der Waals surface area contributed by atoms with E-state index in [1.54, 1.807) is 22.2 Å². The molecule has 65 heavy (non-hydrogen) atoms. The van der Waals surface area contributed by atoms with Gasteiger partial charge < -0.3 is 49.3 Å². The number of H-pyrrole nitrogens is 2. The standard InChI is InChI=1S/C49H52N8O8/c1-29(2)41(54-47(60)62-3)45(58)57-28-49(64-21-22-65-49)25-40(57)44-51-27-38(53-44)36-19-18-34-23-33(16-17-35(34)24-36)30-12-14-31(15-13-30)37-26-50-43(52-37)39-11-8-20-56(39)46(59)42(55-48(61)63-4)32-9-6-5-7-10-32/h5-7,9-10,12-19,23-24,26-27,29,39-42H,8,11,20-22,25,28H2,1-4H3,(H,50,52)(H,51,53)(H,54,60)(H,55,61)/t39-,40-,41-,42?/m0/s1. The molecule has 2 aromatic heterocycles. The molecule has 4 N–H and O–H groups in total. The molecule has 3 saturated heterocycles. The van der Waals surface area contributed by atoms with Crippen molar-refractivity contribution >= 4 is 34.8 Å². The van der Waals surface area contributed by atoms with Crippen LogP contribution in [-0.4, -0.2) is 106 Å². The first-order valence-corrected chi connectivity index (χ1v) is 21.9. The molecular formula is C49H52N8O8. The van der Waals surface area contributed by atoms with E-state index in [1.165, 1.54) is 14.2 Å². The average molecular weight is 881 g/mol. The van der Waals surface area contributed by atoms with E-state index < -0.39 is 36.1 Å². The maximum atomic E-state index is 14.0. The highest BCUT2D eigenvalue weighted by molar-refractivity contribution is 5.91. The van der Waals surface area contributed by atoms with Gasteiger partial charge in [-0.1, -0.05) is 92.7 Å². The van der Waals surface area contributed by atoms with E-state index in [0.29, 0.717) is 43.4 Å². The first-order chi connectivity index (χ1) is 31.5. The van der Waals surface area contributed by atoms with Gasteiger partial charge in [0.05, 0.1) is 69.8 Å². The first kappa shape index (κ1) is 43.2. The molecule has 4 amide bonds. The number of hydrogen-bond donors (Lipinski definition) is 4. The van der Waals surface area contributed by atoms with Crippen LogP contribution in [-0.2, 0) is 28.5 Å². The third-order valence-corrected chi connectivity index (χ3v) is 12.6. The second-order valence-electron chi connectivity index (χ2n) is 17.0. The summed E-state index contributed by atoms with van der Waals surface area (Å²) in [6.07, 6.45) is 4.19. The Bertz CT molecular complexity index is 2690. The number of ether oxygens (including phenoxy) is 4. The maximum Gasteiger partial charge on any atom is 0.407 e. The lowest BCUT2D eigenvalue weighted by Crippen LogP contribution is -2.52. The summed E-state index contributed by atoms with van der Waals surface area (Å²) in [5, 5.41) is 7.54. The number of alkyl carbamates (subject to hydrolysis) is 2. The van der Waals surface area contributed by atoms with Crippen LogP contribution in [0.4, 0.5) is 9.59 Å². The topological polar surface area (TPSA) is 193 Å². The summed E-state index contributed by atoms with van der Waals surface area (Å²) in [7, 11) is 2.55. The number of likely N-dealkylation sites (tertiary alicyclic amines) is 2. The lowest BCUT2D eigenvalue weighted by atomic mass is 9.98. The molecule has 9 rings (SSSR count). The highest BCUT2D eigenvalue weighted by Crippen LogP contribution is 2.43. The van der Waals surface area contributed by atoms with Crippen molar-refractivity contribution in [1.82, 2.24) is 40.4 Å². The zero-order valence-corrected chi connectivity index (χ0v) is 36.7. The smallest absolute Gasteiger partial charge is 0.407 e. The fourth-order valence-corrected chi connectivity index (χ4v) is 9.23. The molecule has 1 spiro atoms. The van der Waals surface area contributed by atoms with Crippen LogP contribution in [0.15, 0.2) is 103 Å². The molecule has 0 radical (unpaired) electrons. The number of methoxy groups -OCH3 is 2. The Labute approximate surface area is 376 Å². The van der Waals surface area contributed by atoms with Crippen molar-refractivity contribution in [2.24, 2.45) is 5.92 Å². The summed E-state index contributed by atoms with van der Waals surface area (Å²) >= 11 is 0. The number of fused-ring (bicyclic) bond motifs is 1. The van der Waals surface area contributed by atoms with E-state index in [9.17, 15) is 19.2 Å². The number of carbonyl (C=O) groups excluding carboxylic acids is 4. The van der Waals surface area contributed by atoms with E-state index >= 15 is 0 Å². The highest BCUT2D eigenvalue weighted by Gasteiger charge is 2.53. The molecule has 3 aliphatic rings. The number of aromatic amines is 2. The van der Waals surface area contributed by atoms with E-state index in [0.717, 1.165) is 57.3 Å². The minimum absolute atomic E-state index is 0.195. The molecule has 0 saturated carbocycles. The van der Waals surface area contributed by atoms with Crippen molar-refractivity contribution in [3.05, 3.63) is 121 Å². The Morgan fingerprint density at radius 2 is 1.29 bits per heavy atom. The van der Waals surface area contributed by atoms with Crippen LogP contribution in [0.1, 0.15) is 68.4 Å². The van der Waals surface area contributed by atoms with E-state index in [1.807, 2.05) is 44.2 Å². The van der Waals surface area contributed by atoms with Crippen molar-refractivity contribution < 1.29 is 38.1 Å². The van der Waals surface area contributed by atoms with Gasteiger partial charge >= 0.3 is 12.2 Å². The summed E-state index contributed by atoms with van der Waals surface area (Å²) in [6, 6.07) is 27.7. The Morgan fingerprint density at radius 3 is 1.95 bits per heavy atom. The van der Waals surface area contributed by atoms with Crippen LogP contribution in [0.3, 0.4) is 0 Å². The molecule has 16 heteroatoms. The summed E-state index contributed by atoms with van der Waals surface area (Å²) < 4.78 is 21.7. The zero-order valence-electron chi connectivity index (χ0n) is 36.7. The Hall–Kier alpha value is -7.04. The van der Waals surface area contributed by atoms with Crippen molar-refractivity contribution in [2.75, 3.05) is 40.5 Å². The molecule has 4 aromatic carbocycles. The second kappa shape index (κ2) is 18.2. The van der Waals surface area contributed by atoms with Gasteiger partial charge in [0.15, 0.2) is 5.79 Å². The fourth-order valence-electron chi connectivity index (χ4n) is 9.23. The predicted octanol–water partition coefficient (Wildman–Crippen LogP) is 7.44. The van der Waals surface area contributed by atoms with Crippen molar-refractivity contribution in [2.45, 2.75) is 63.1 Å². The predicted molar refractivity (Wildman–Crippen MR) is 241 cm³/mol. The van der Waals surface area contributed by atoms with Crippen LogP contribution in [0, 0.1) is 5.92 Å². The second-order valence-corrected chi connectivity index (χ2v) is 17.0. The van der Waals surface area contributed by atoms with Gasteiger partial charge in [0.25, 0.3) is 5.91 Å². The molecule has 4 atom stereocenters. The highest BCUT2D eigenvalue weighted by atomic mass is 16.7. The number of carbonyl (C=O) groups is 4. The number of imidazole rings is 2. The van der Waals surface area contributed by atoms with Gasteiger partial charge in [0.1, 0.15) is 23.7 Å². The molecule has 0 aliphatic carbocycles. The van der Waals surface area contributed by atoms with Crippen molar-refractivity contribution in [3.8, 4) is 33.6 Å². The molecule has 336 valence electrons. The quantitative estimate of drug-likeness (QED) is 0.102. The molecule has 6 aromatic rings. The summed E-state index contributed by atoms with van der Waals surface area (Å²) in [6.45, 7) is 5.38. The lowest BCUT2D eigenvalue weighted by Gasteiger charge is -2.30. The normalized spacial score (nSPS) is 18.8. The number of nitrogens with one attached hydrogen (secondary N) is 4. The summed E-state index contributed by atoms with van der Waals surface area (Å²) in [5.74, 6) is -0.311. The third kappa shape index (κ3) is 8.78. The van der Waals surface area contributed by atoms with Crippen LogP contribution in [0.25, 0.3) is 44.4 Å². The Morgan fingerprint density at radius 1 is 0.708 bits per heavy atom. The van der Waals surface area contributed by atoms with Gasteiger partial charge in [-0.3, -0.25) is 9.59 Å².